The Labute approximate surface area is 196 Å². The molecule has 6 nitrogen and oxygen atoms in total. The molecule has 0 bridgehead atoms. The zero-order valence-corrected chi connectivity index (χ0v) is 19.1. The van der Waals surface area contributed by atoms with Crippen LogP contribution in [0, 0.1) is 6.92 Å². The quantitative estimate of drug-likeness (QED) is 0.354. The molecule has 7 heteroatoms. The number of benzene rings is 2. The van der Waals surface area contributed by atoms with Crippen molar-refractivity contribution >= 4 is 28.3 Å². The number of carbonyl (C=O) groups is 2. The molecule has 0 spiro atoms. The highest BCUT2D eigenvalue weighted by Gasteiger charge is 2.17. The van der Waals surface area contributed by atoms with Crippen molar-refractivity contribution in [1.29, 1.82) is 0 Å². The lowest BCUT2D eigenvalue weighted by molar-refractivity contribution is -0.121. The Bertz CT molecular complexity index is 1200. The molecule has 0 fully saturated rings. The molecule has 2 N–H and O–H groups in total. The maximum absolute atomic E-state index is 12.8. The molecule has 1 atom stereocenters. The number of hydrogen-bond acceptors (Lipinski definition) is 5. The number of rotatable bonds is 9. The maximum Gasteiger partial charge on any atom is 0.260 e. The van der Waals surface area contributed by atoms with Crippen LogP contribution in [-0.4, -0.2) is 16.8 Å². The molecule has 2 amide bonds. The maximum atomic E-state index is 12.8. The number of carbonyl (C=O) groups excluding carboxylic acids is 2. The fourth-order valence-electron chi connectivity index (χ4n) is 3.60. The molecular weight excluding hydrogens is 434 g/mol. The number of nitrogens with zero attached hydrogens (tertiary/aromatic N) is 1. The van der Waals surface area contributed by atoms with Crippen LogP contribution >= 0.6 is 11.3 Å². The molecule has 33 heavy (non-hydrogen) atoms. The third-order valence-corrected chi connectivity index (χ3v) is 6.13. The number of amides is 2. The Morgan fingerprint density at radius 1 is 1.03 bits per heavy atom. The predicted molar refractivity (Wildman–Crippen MR) is 129 cm³/mol. The number of aryl methyl sites for hydroxylation is 2. The summed E-state index contributed by atoms with van der Waals surface area (Å²) in [5.41, 5.74) is 3.39. The second kappa shape index (κ2) is 10.7. The van der Waals surface area contributed by atoms with Crippen molar-refractivity contribution in [2.45, 2.75) is 32.2 Å². The lowest BCUT2D eigenvalue weighted by atomic mass is 9.98. The van der Waals surface area contributed by atoms with E-state index < -0.39 is 0 Å². The summed E-state index contributed by atoms with van der Waals surface area (Å²) >= 11 is 1.29. The van der Waals surface area contributed by atoms with Gasteiger partial charge >= 0.3 is 0 Å². The molecule has 2 aromatic carbocycles. The Balaban J connectivity index is 1.37. The van der Waals surface area contributed by atoms with Crippen LogP contribution in [0.1, 0.15) is 45.4 Å². The molecule has 1 unspecified atom stereocenters. The van der Waals surface area contributed by atoms with Gasteiger partial charge in [-0.05, 0) is 37.0 Å². The second-order valence-electron chi connectivity index (χ2n) is 7.72. The number of hydrogen-bond donors (Lipinski definition) is 2. The normalized spacial score (nSPS) is 11.7. The minimum Gasteiger partial charge on any atom is -0.469 e. The van der Waals surface area contributed by atoms with E-state index in [-0.39, 0.29) is 24.3 Å². The monoisotopic (exact) mass is 459 g/mol. The molecule has 2 heterocycles. The summed E-state index contributed by atoms with van der Waals surface area (Å²) in [6.07, 6.45) is 3.28. The molecule has 4 rings (SSSR count). The number of thiazole rings is 1. The summed E-state index contributed by atoms with van der Waals surface area (Å²) in [6.45, 7) is 1.73. The molecule has 0 aliphatic carbocycles. The first kappa shape index (κ1) is 22.5. The van der Waals surface area contributed by atoms with Gasteiger partial charge in [-0.2, -0.15) is 0 Å². The first-order valence-electron chi connectivity index (χ1n) is 10.8. The van der Waals surface area contributed by atoms with Crippen LogP contribution in [0.4, 0.5) is 5.13 Å². The van der Waals surface area contributed by atoms with E-state index in [0.717, 1.165) is 18.4 Å². The molecule has 0 aliphatic rings. The largest absolute Gasteiger partial charge is 0.469 e. The van der Waals surface area contributed by atoms with Crippen molar-refractivity contribution in [2.24, 2.45) is 0 Å². The summed E-state index contributed by atoms with van der Waals surface area (Å²) in [7, 11) is 0. The van der Waals surface area contributed by atoms with Crippen LogP contribution in [0.3, 0.4) is 0 Å². The summed E-state index contributed by atoms with van der Waals surface area (Å²) in [5, 5.41) is 8.16. The number of furan rings is 1. The van der Waals surface area contributed by atoms with Gasteiger partial charge in [0.05, 0.1) is 30.0 Å². The van der Waals surface area contributed by atoms with E-state index in [4.69, 9.17) is 4.42 Å². The smallest absolute Gasteiger partial charge is 0.260 e. The molecular formula is C26H25N3O3S. The van der Waals surface area contributed by atoms with Crippen LogP contribution in [0.25, 0.3) is 0 Å². The van der Waals surface area contributed by atoms with Crippen molar-refractivity contribution in [3.05, 3.63) is 107 Å². The minimum absolute atomic E-state index is 0.0965. The first-order chi connectivity index (χ1) is 16.1. The van der Waals surface area contributed by atoms with Crippen LogP contribution in [0.2, 0.25) is 0 Å². The molecule has 0 radical (unpaired) electrons. The Hall–Kier alpha value is -3.71. The molecule has 0 saturated heterocycles. The number of anilines is 1. The summed E-state index contributed by atoms with van der Waals surface area (Å²) in [4.78, 5) is 29.6. The minimum atomic E-state index is -0.281. The van der Waals surface area contributed by atoms with Crippen LogP contribution in [0.5, 0.6) is 0 Å². The van der Waals surface area contributed by atoms with Gasteiger partial charge < -0.3 is 9.73 Å². The van der Waals surface area contributed by atoms with Gasteiger partial charge in [0.15, 0.2) is 5.13 Å². The molecule has 168 valence electrons. The van der Waals surface area contributed by atoms with Crippen molar-refractivity contribution in [3.63, 3.8) is 0 Å². The molecule has 4 aromatic rings. The van der Waals surface area contributed by atoms with Gasteiger partial charge in [-0.3, -0.25) is 14.9 Å². The highest BCUT2D eigenvalue weighted by molar-refractivity contribution is 7.14. The van der Waals surface area contributed by atoms with Crippen molar-refractivity contribution < 1.29 is 14.0 Å². The van der Waals surface area contributed by atoms with Gasteiger partial charge in [0.25, 0.3) is 5.91 Å². The lowest BCUT2D eigenvalue weighted by Gasteiger charge is -2.19. The average molecular weight is 460 g/mol. The van der Waals surface area contributed by atoms with E-state index in [9.17, 15) is 9.59 Å². The van der Waals surface area contributed by atoms with Crippen LogP contribution < -0.4 is 10.6 Å². The zero-order chi connectivity index (χ0) is 23.0. The highest BCUT2D eigenvalue weighted by Crippen LogP contribution is 2.21. The van der Waals surface area contributed by atoms with Gasteiger partial charge in [0.1, 0.15) is 5.76 Å². The lowest BCUT2D eigenvalue weighted by Crippen LogP contribution is -2.30. The van der Waals surface area contributed by atoms with E-state index in [2.05, 4.69) is 27.8 Å². The van der Waals surface area contributed by atoms with Gasteiger partial charge in [0.2, 0.25) is 5.91 Å². The number of nitrogens with one attached hydrogen (secondary N) is 2. The van der Waals surface area contributed by atoms with Crippen molar-refractivity contribution in [1.82, 2.24) is 10.3 Å². The Kier molecular flexibility index (Phi) is 7.32. The molecule has 2 aromatic heterocycles. The standard InChI is InChI=1S/C26H25N3O3S/c1-18-22(14-15-32-18)25(31)29-26-27-21(17-33-26)16-24(30)28-23(20-10-6-3-7-11-20)13-12-19-8-4-2-5-9-19/h2-11,14-15,17,23H,12-13,16H2,1H3,(H,28,30)(H,27,29,31). The van der Waals surface area contributed by atoms with E-state index in [1.807, 2.05) is 48.5 Å². The Morgan fingerprint density at radius 3 is 2.45 bits per heavy atom. The predicted octanol–water partition coefficient (Wildman–Crippen LogP) is 5.33. The van der Waals surface area contributed by atoms with E-state index in [0.29, 0.717) is 22.1 Å². The number of aromatic nitrogens is 1. The van der Waals surface area contributed by atoms with Crippen molar-refractivity contribution in [3.8, 4) is 0 Å². The summed E-state index contributed by atoms with van der Waals surface area (Å²) in [6, 6.07) is 21.8. The van der Waals surface area contributed by atoms with Gasteiger partial charge in [-0.1, -0.05) is 60.7 Å². The highest BCUT2D eigenvalue weighted by atomic mass is 32.1. The van der Waals surface area contributed by atoms with E-state index in [1.54, 1.807) is 18.4 Å². The van der Waals surface area contributed by atoms with Crippen molar-refractivity contribution in [2.75, 3.05) is 5.32 Å². The summed E-state index contributed by atoms with van der Waals surface area (Å²) in [5.74, 6) is 0.161. The second-order valence-corrected chi connectivity index (χ2v) is 8.58. The first-order valence-corrected chi connectivity index (χ1v) is 11.6. The molecule has 0 aliphatic heterocycles. The third-order valence-electron chi connectivity index (χ3n) is 5.32. The fourth-order valence-corrected chi connectivity index (χ4v) is 4.31. The fraction of sp³-hybridized carbons (Fsp3) is 0.192. The topological polar surface area (TPSA) is 84.2 Å². The van der Waals surface area contributed by atoms with Gasteiger partial charge in [-0.25, -0.2) is 4.98 Å². The van der Waals surface area contributed by atoms with Crippen LogP contribution in [0.15, 0.2) is 82.8 Å². The molecule has 0 saturated carbocycles. The Morgan fingerprint density at radius 2 is 1.76 bits per heavy atom. The summed E-state index contributed by atoms with van der Waals surface area (Å²) < 4.78 is 5.17. The SMILES string of the molecule is Cc1occc1C(=O)Nc1nc(CC(=O)NC(CCc2ccccc2)c2ccccc2)cs1. The van der Waals surface area contributed by atoms with E-state index in [1.165, 1.54) is 23.2 Å². The van der Waals surface area contributed by atoms with Gasteiger partial charge in [0, 0.05) is 5.38 Å². The third kappa shape index (κ3) is 6.17. The van der Waals surface area contributed by atoms with Crippen LogP contribution in [-0.2, 0) is 17.6 Å². The van der Waals surface area contributed by atoms with Gasteiger partial charge in [-0.15, -0.1) is 11.3 Å². The van der Waals surface area contributed by atoms with E-state index >= 15 is 0 Å². The average Bonchev–Trinajstić information content (AvgIpc) is 3.46. The zero-order valence-electron chi connectivity index (χ0n) is 18.3.